The van der Waals surface area contributed by atoms with Crippen LogP contribution in [-0.2, 0) is 4.74 Å². The molecule has 1 unspecified atom stereocenters. The Bertz CT molecular complexity index is 1030. The van der Waals surface area contributed by atoms with E-state index in [0.29, 0.717) is 35.8 Å². The van der Waals surface area contributed by atoms with Gasteiger partial charge >= 0.3 is 5.97 Å². The molecule has 1 aliphatic heterocycles. The van der Waals surface area contributed by atoms with Crippen molar-refractivity contribution in [2.45, 2.75) is 12.5 Å². The van der Waals surface area contributed by atoms with Gasteiger partial charge in [0.2, 0.25) is 5.75 Å². The average molecular weight is 394 g/mol. The van der Waals surface area contributed by atoms with Crippen LogP contribution in [0.1, 0.15) is 28.4 Å². The molecule has 0 aromatic heterocycles. The number of rotatable bonds is 5. The van der Waals surface area contributed by atoms with Crippen molar-refractivity contribution in [3.05, 3.63) is 59.7 Å². The van der Waals surface area contributed by atoms with Gasteiger partial charge in [-0.2, -0.15) is 0 Å². The number of esters is 1. The molecule has 6 nitrogen and oxygen atoms in total. The fraction of sp³-hybridized carbons (Fsp3) is 0.261. The molecule has 0 spiro atoms. The van der Waals surface area contributed by atoms with E-state index in [9.17, 15) is 4.79 Å². The van der Waals surface area contributed by atoms with E-state index in [1.54, 1.807) is 12.1 Å². The zero-order valence-corrected chi connectivity index (χ0v) is 16.6. The normalized spacial score (nSPS) is 15.2. The summed E-state index contributed by atoms with van der Waals surface area (Å²) in [5.74, 6) is 1.54. The van der Waals surface area contributed by atoms with E-state index in [4.69, 9.17) is 23.7 Å². The molecule has 6 heteroatoms. The first-order valence-corrected chi connectivity index (χ1v) is 9.31. The van der Waals surface area contributed by atoms with Crippen LogP contribution in [0.5, 0.6) is 23.0 Å². The van der Waals surface area contributed by atoms with Crippen LogP contribution in [0, 0.1) is 0 Å². The Morgan fingerprint density at radius 1 is 0.966 bits per heavy atom. The molecule has 1 aliphatic rings. The number of hydrogen-bond donors (Lipinski definition) is 0. The number of methoxy groups -OCH3 is 3. The Morgan fingerprint density at radius 2 is 1.69 bits per heavy atom. The molecule has 1 atom stereocenters. The number of carbonyl (C=O) groups is 1. The van der Waals surface area contributed by atoms with Crippen LogP contribution in [0.15, 0.2) is 48.5 Å². The van der Waals surface area contributed by atoms with E-state index in [1.807, 2.05) is 36.4 Å². The van der Waals surface area contributed by atoms with Gasteiger partial charge < -0.3 is 23.7 Å². The quantitative estimate of drug-likeness (QED) is 0.592. The van der Waals surface area contributed by atoms with Gasteiger partial charge in [0.15, 0.2) is 11.5 Å². The molecule has 150 valence electrons. The van der Waals surface area contributed by atoms with Gasteiger partial charge in [-0.15, -0.1) is 0 Å². The molecule has 0 saturated heterocycles. The highest BCUT2D eigenvalue weighted by molar-refractivity contribution is 5.92. The smallest absolute Gasteiger partial charge is 0.339 e. The Balaban J connectivity index is 1.66. The predicted molar refractivity (Wildman–Crippen MR) is 108 cm³/mol. The van der Waals surface area contributed by atoms with Crippen LogP contribution < -0.4 is 18.9 Å². The second kappa shape index (κ2) is 7.91. The molecule has 0 aliphatic carbocycles. The third-order valence-corrected chi connectivity index (χ3v) is 5.03. The Morgan fingerprint density at radius 3 is 2.38 bits per heavy atom. The lowest BCUT2D eigenvalue weighted by Gasteiger charge is -2.27. The third kappa shape index (κ3) is 3.42. The highest BCUT2D eigenvalue weighted by atomic mass is 16.6. The lowest BCUT2D eigenvalue weighted by molar-refractivity contribution is 0.0194. The molecule has 0 bridgehead atoms. The van der Waals surface area contributed by atoms with Gasteiger partial charge in [-0.1, -0.05) is 36.4 Å². The first-order valence-electron chi connectivity index (χ1n) is 9.31. The SMILES string of the molecule is COc1cc(C(=O)OC2CCOc3c2ccc2ccccc32)cc(OC)c1OC. The second-order valence-electron chi connectivity index (χ2n) is 6.65. The highest BCUT2D eigenvalue weighted by Gasteiger charge is 2.28. The van der Waals surface area contributed by atoms with Crippen molar-refractivity contribution in [3.63, 3.8) is 0 Å². The summed E-state index contributed by atoms with van der Waals surface area (Å²) in [6, 6.07) is 15.2. The van der Waals surface area contributed by atoms with Gasteiger partial charge in [0.1, 0.15) is 11.9 Å². The summed E-state index contributed by atoms with van der Waals surface area (Å²) in [6.07, 6.45) is 0.191. The molecule has 0 radical (unpaired) electrons. The summed E-state index contributed by atoms with van der Waals surface area (Å²) in [4.78, 5) is 12.9. The van der Waals surface area contributed by atoms with E-state index >= 15 is 0 Å². The zero-order valence-electron chi connectivity index (χ0n) is 16.6. The Kier molecular flexibility index (Phi) is 5.16. The van der Waals surface area contributed by atoms with Gasteiger partial charge in [0.25, 0.3) is 0 Å². The van der Waals surface area contributed by atoms with Crippen molar-refractivity contribution in [3.8, 4) is 23.0 Å². The summed E-state index contributed by atoms with van der Waals surface area (Å²) in [5.41, 5.74) is 1.20. The summed E-state index contributed by atoms with van der Waals surface area (Å²) in [7, 11) is 4.53. The van der Waals surface area contributed by atoms with Crippen LogP contribution in [0.2, 0.25) is 0 Å². The maximum Gasteiger partial charge on any atom is 0.339 e. The fourth-order valence-electron chi connectivity index (χ4n) is 3.62. The largest absolute Gasteiger partial charge is 0.493 e. The molecule has 0 amide bonds. The molecular formula is C23H22O6. The summed E-state index contributed by atoms with van der Waals surface area (Å²) in [5, 5.41) is 2.10. The van der Waals surface area contributed by atoms with Crippen LogP contribution in [0.25, 0.3) is 10.8 Å². The standard InChI is InChI=1S/C23H22O6/c1-25-19-12-15(13-20(26-2)22(19)27-3)23(24)29-18-10-11-28-21-16-7-5-4-6-14(16)8-9-17(18)21/h4-9,12-13,18H,10-11H2,1-3H3. The van der Waals surface area contributed by atoms with Crippen LogP contribution in [0.4, 0.5) is 0 Å². The average Bonchev–Trinajstić information content (AvgIpc) is 2.77. The topological polar surface area (TPSA) is 63.2 Å². The van der Waals surface area contributed by atoms with Crippen molar-refractivity contribution < 1.29 is 28.5 Å². The van der Waals surface area contributed by atoms with E-state index in [0.717, 1.165) is 22.1 Å². The molecule has 0 saturated carbocycles. The van der Waals surface area contributed by atoms with E-state index < -0.39 is 12.1 Å². The minimum absolute atomic E-state index is 0.327. The minimum atomic E-state index is -0.463. The summed E-state index contributed by atoms with van der Waals surface area (Å²) in [6.45, 7) is 0.480. The van der Waals surface area contributed by atoms with Crippen molar-refractivity contribution in [2.75, 3.05) is 27.9 Å². The molecule has 1 heterocycles. The lowest BCUT2D eigenvalue weighted by atomic mass is 9.98. The summed E-state index contributed by atoms with van der Waals surface area (Å²) >= 11 is 0. The molecule has 3 aromatic rings. The molecule has 29 heavy (non-hydrogen) atoms. The van der Waals surface area contributed by atoms with Gasteiger partial charge in [0, 0.05) is 17.4 Å². The first kappa shape index (κ1) is 18.9. The van der Waals surface area contributed by atoms with Crippen LogP contribution in [0.3, 0.4) is 0 Å². The van der Waals surface area contributed by atoms with E-state index in [1.165, 1.54) is 21.3 Å². The zero-order chi connectivity index (χ0) is 20.4. The predicted octanol–water partition coefficient (Wildman–Crippen LogP) is 4.55. The van der Waals surface area contributed by atoms with Crippen molar-refractivity contribution in [1.82, 2.24) is 0 Å². The van der Waals surface area contributed by atoms with Crippen LogP contribution >= 0.6 is 0 Å². The first-order chi connectivity index (χ1) is 14.2. The maximum absolute atomic E-state index is 12.9. The number of ether oxygens (including phenoxy) is 5. The maximum atomic E-state index is 12.9. The number of fused-ring (bicyclic) bond motifs is 3. The number of hydrogen-bond acceptors (Lipinski definition) is 6. The molecule has 3 aromatic carbocycles. The summed E-state index contributed by atoms with van der Waals surface area (Å²) < 4.78 is 27.7. The molecular weight excluding hydrogens is 372 g/mol. The second-order valence-corrected chi connectivity index (χ2v) is 6.65. The van der Waals surface area contributed by atoms with Crippen LogP contribution in [-0.4, -0.2) is 33.9 Å². The minimum Gasteiger partial charge on any atom is -0.493 e. The molecule has 0 fully saturated rings. The molecule has 4 rings (SSSR count). The van der Waals surface area contributed by atoms with Gasteiger partial charge in [0.05, 0.1) is 33.5 Å². The monoisotopic (exact) mass is 394 g/mol. The van der Waals surface area contributed by atoms with E-state index in [-0.39, 0.29) is 0 Å². The fourth-order valence-corrected chi connectivity index (χ4v) is 3.62. The van der Waals surface area contributed by atoms with Crippen molar-refractivity contribution in [2.24, 2.45) is 0 Å². The van der Waals surface area contributed by atoms with Crippen molar-refractivity contribution in [1.29, 1.82) is 0 Å². The Hall–Kier alpha value is -3.41. The Labute approximate surface area is 168 Å². The highest BCUT2D eigenvalue weighted by Crippen LogP contribution is 2.41. The van der Waals surface area contributed by atoms with Gasteiger partial charge in [-0.25, -0.2) is 4.79 Å². The third-order valence-electron chi connectivity index (χ3n) is 5.03. The van der Waals surface area contributed by atoms with Crippen molar-refractivity contribution >= 4 is 16.7 Å². The number of benzene rings is 3. The number of carbonyl (C=O) groups excluding carboxylic acids is 1. The van der Waals surface area contributed by atoms with E-state index in [2.05, 4.69) is 0 Å². The van der Waals surface area contributed by atoms with Gasteiger partial charge in [-0.3, -0.25) is 0 Å². The molecule has 0 N–H and O–H groups in total. The lowest BCUT2D eigenvalue weighted by Crippen LogP contribution is -2.20. The van der Waals surface area contributed by atoms with Gasteiger partial charge in [-0.05, 0) is 17.5 Å².